The zero-order chi connectivity index (χ0) is 25.9. The topological polar surface area (TPSA) is 89.4 Å². The summed E-state index contributed by atoms with van der Waals surface area (Å²) < 4.78 is 58.5. The van der Waals surface area contributed by atoms with Crippen molar-refractivity contribution in [1.29, 1.82) is 0 Å². The summed E-state index contributed by atoms with van der Waals surface area (Å²) in [7, 11) is 1.23. The van der Waals surface area contributed by atoms with Crippen LogP contribution in [0.1, 0.15) is 39.6 Å². The summed E-state index contributed by atoms with van der Waals surface area (Å²) in [5, 5.41) is 10.5. The van der Waals surface area contributed by atoms with Gasteiger partial charge in [-0.25, -0.2) is 13.9 Å². The van der Waals surface area contributed by atoms with E-state index in [4.69, 9.17) is 0 Å². The Balaban J connectivity index is 1.50. The lowest BCUT2D eigenvalue weighted by Gasteiger charge is -2.23. The molecule has 36 heavy (non-hydrogen) atoms. The standard InChI is InChI=1S/C24H23F4N5O3/c1-36-23(35)20-14-33(31-30-20)19-10-21(32(13-19)12-15-5-7-18(25)8-6-15)22(34)29-11-16-3-2-4-17(9-16)24(26,27)28/h2-9,14,19,21H,10-13H2,1H3,(H,29,34)/t19-,21-/m0/s1. The lowest BCUT2D eigenvalue weighted by molar-refractivity contribution is -0.137. The van der Waals surface area contributed by atoms with Crippen molar-refractivity contribution in [3.05, 3.63) is 82.9 Å². The molecule has 1 aliphatic rings. The van der Waals surface area contributed by atoms with Crippen molar-refractivity contribution in [2.75, 3.05) is 13.7 Å². The van der Waals surface area contributed by atoms with Crippen LogP contribution in [-0.4, -0.2) is 51.5 Å². The van der Waals surface area contributed by atoms with Gasteiger partial charge in [0.15, 0.2) is 5.69 Å². The van der Waals surface area contributed by atoms with E-state index in [0.717, 1.165) is 17.7 Å². The quantitative estimate of drug-likeness (QED) is 0.391. The number of rotatable bonds is 7. The summed E-state index contributed by atoms with van der Waals surface area (Å²) in [5.74, 6) is -1.39. The molecule has 8 nitrogen and oxygen atoms in total. The van der Waals surface area contributed by atoms with Crippen LogP contribution in [0, 0.1) is 5.82 Å². The van der Waals surface area contributed by atoms with Gasteiger partial charge in [-0.1, -0.05) is 29.5 Å². The van der Waals surface area contributed by atoms with Crippen LogP contribution in [0.15, 0.2) is 54.7 Å². The van der Waals surface area contributed by atoms with Gasteiger partial charge in [-0.3, -0.25) is 9.69 Å². The van der Waals surface area contributed by atoms with Gasteiger partial charge in [0.2, 0.25) is 5.91 Å². The number of esters is 1. The van der Waals surface area contributed by atoms with E-state index in [9.17, 15) is 27.2 Å². The van der Waals surface area contributed by atoms with Crippen molar-refractivity contribution >= 4 is 11.9 Å². The lowest BCUT2D eigenvalue weighted by atomic mass is 10.1. The van der Waals surface area contributed by atoms with Crippen LogP contribution in [0.25, 0.3) is 0 Å². The molecule has 12 heteroatoms. The fourth-order valence-electron chi connectivity index (χ4n) is 4.16. The number of benzene rings is 2. The summed E-state index contributed by atoms with van der Waals surface area (Å²) in [4.78, 5) is 26.8. The molecular formula is C24H23F4N5O3. The largest absolute Gasteiger partial charge is 0.464 e. The first-order chi connectivity index (χ1) is 17.1. The van der Waals surface area contributed by atoms with E-state index in [-0.39, 0.29) is 30.0 Å². The van der Waals surface area contributed by atoms with Gasteiger partial charge in [0, 0.05) is 19.6 Å². The van der Waals surface area contributed by atoms with Crippen molar-refractivity contribution in [3.63, 3.8) is 0 Å². The van der Waals surface area contributed by atoms with Gasteiger partial charge >= 0.3 is 12.1 Å². The molecule has 0 spiro atoms. The summed E-state index contributed by atoms with van der Waals surface area (Å²) >= 11 is 0. The summed E-state index contributed by atoms with van der Waals surface area (Å²) in [6, 6.07) is 9.70. The number of aromatic nitrogens is 3. The molecule has 0 unspecified atom stereocenters. The van der Waals surface area contributed by atoms with Gasteiger partial charge in [-0.05, 0) is 41.8 Å². The number of nitrogens with zero attached hydrogens (tertiary/aromatic N) is 4. The minimum absolute atomic E-state index is 0.0278. The number of nitrogens with one attached hydrogen (secondary N) is 1. The number of halogens is 4. The molecule has 1 aliphatic heterocycles. The average Bonchev–Trinajstić information content (AvgIpc) is 3.51. The number of carbonyl (C=O) groups excluding carboxylic acids is 2. The van der Waals surface area contributed by atoms with Gasteiger partial charge in [-0.15, -0.1) is 5.10 Å². The van der Waals surface area contributed by atoms with E-state index < -0.39 is 23.8 Å². The molecular weight excluding hydrogens is 482 g/mol. The smallest absolute Gasteiger partial charge is 0.416 e. The van der Waals surface area contributed by atoms with E-state index in [0.29, 0.717) is 25.1 Å². The Labute approximate surface area is 203 Å². The normalized spacial score (nSPS) is 18.2. The number of carbonyl (C=O) groups is 2. The SMILES string of the molecule is COC(=O)c1cn([C@H]2C[C@@H](C(=O)NCc3cccc(C(F)(F)F)c3)N(Cc3ccc(F)cc3)C2)nn1. The number of amides is 1. The minimum Gasteiger partial charge on any atom is -0.464 e. The molecule has 3 aromatic rings. The highest BCUT2D eigenvalue weighted by atomic mass is 19.4. The van der Waals surface area contributed by atoms with Crippen LogP contribution >= 0.6 is 0 Å². The Hall–Kier alpha value is -3.80. The van der Waals surface area contributed by atoms with Crippen molar-refractivity contribution < 1.29 is 31.9 Å². The van der Waals surface area contributed by atoms with Crippen molar-refractivity contribution in [2.24, 2.45) is 0 Å². The molecule has 1 saturated heterocycles. The molecule has 0 bridgehead atoms. The first kappa shape index (κ1) is 25.3. The number of hydrogen-bond donors (Lipinski definition) is 1. The fraction of sp³-hybridized carbons (Fsp3) is 0.333. The third kappa shape index (κ3) is 5.88. The van der Waals surface area contributed by atoms with Crippen LogP contribution in [0.3, 0.4) is 0 Å². The van der Waals surface area contributed by atoms with Crippen molar-refractivity contribution in [1.82, 2.24) is 25.2 Å². The maximum Gasteiger partial charge on any atom is 0.416 e. The second-order valence-electron chi connectivity index (χ2n) is 8.45. The highest BCUT2D eigenvalue weighted by Crippen LogP contribution is 2.30. The van der Waals surface area contributed by atoms with Crippen LogP contribution in [0.2, 0.25) is 0 Å². The molecule has 0 radical (unpaired) electrons. The van der Waals surface area contributed by atoms with Gasteiger partial charge in [0.05, 0.1) is 31.0 Å². The van der Waals surface area contributed by atoms with Gasteiger partial charge < -0.3 is 10.1 Å². The molecule has 1 aromatic heterocycles. The van der Waals surface area contributed by atoms with Crippen molar-refractivity contribution in [2.45, 2.75) is 37.8 Å². The first-order valence-corrected chi connectivity index (χ1v) is 11.1. The molecule has 0 saturated carbocycles. The third-order valence-corrected chi connectivity index (χ3v) is 5.98. The molecule has 1 fully saturated rings. The molecule has 1 amide bonds. The lowest BCUT2D eigenvalue weighted by Crippen LogP contribution is -2.42. The average molecular weight is 505 g/mol. The zero-order valence-corrected chi connectivity index (χ0v) is 19.2. The Kier molecular flexibility index (Phi) is 7.34. The predicted octanol–water partition coefficient (Wildman–Crippen LogP) is 3.35. The predicted molar refractivity (Wildman–Crippen MR) is 119 cm³/mol. The molecule has 2 heterocycles. The summed E-state index contributed by atoms with van der Waals surface area (Å²) in [6.07, 6.45) is -2.72. The number of methoxy groups -OCH3 is 1. The van der Waals surface area contributed by atoms with E-state index in [2.05, 4.69) is 20.4 Å². The molecule has 4 rings (SSSR count). The second kappa shape index (κ2) is 10.4. The highest BCUT2D eigenvalue weighted by Gasteiger charge is 2.38. The van der Waals surface area contributed by atoms with Crippen LogP contribution in [0.5, 0.6) is 0 Å². The molecule has 2 atom stereocenters. The Morgan fingerprint density at radius 2 is 1.89 bits per heavy atom. The fourth-order valence-corrected chi connectivity index (χ4v) is 4.16. The maximum absolute atomic E-state index is 13.3. The van der Waals surface area contributed by atoms with E-state index in [1.165, 1.54) is 42.3 Å². The summed E-state index contributed by atoms with van der Waals surface area (Å²) in [6.45, 7) is 0.629. The number of hydrogen-bond acceptors (Lipinski definition) is 6. The van der Waals surface area contributed by atoms with Gasteiger partial charge in [0.1, 0.15) is 5.82 Å². The summed E-state index contributed by atoms with van der Waals surface area (Å²) in [5.41, 5.74) is 0.333. The van der Waals surface area contributed by atoms with Gasteiger partial charge in [0.25, 0.3) is 0 Å². The van der Waals surface area contributed by atoms with Crippen LogP contribution in [0.4, 0.5) is 17.6 Å². The second-order valence-corrected chi connectivity index (χ2v) is 8.45. The number of likely N-dealkylation sites (tertiary alicyclic amines) is 1. The minimum atomic E-state index is -4.48. The van der Waals surface area contributed by atoms with Crippen molar-refractivity contribution in [3.8, 4) is 0 Å². The Morgan fingerprint density at radius 3 is 2.58 bits per heavy atom. The molecule has 0 aliphatic carbocycles. The molecule has 190 valence electrons. The first-order valence-electron chi connectivity index (χ1n) is 11.1. The van der Waals surface area contributed by atoms with Gasteiger partial charge in [-0.2, -0.15) is 13.2 Å². The maximum atomic E-state index is 13.3. The molecule has 2 aromatic carbocycles. The number of alkyl halides is 3. The van der Waals surface area contributed by atoms with E-state index >= 15 is 0 Å². The zero-order valence-electron chi connectivity index (χ0n) is 19.2. The monoisotopic (exact) mass is 505 g/mol. The van der Waals surface area contributed by atoms with Crippen LogP contribution in [-0.2, 0) is 28.8 Å². The van der Waals surface area contributed by atoms with E-state index in [1.54, 1.807) is 12.1 Å². The Morgan fingerprint density at radius 1 is 1.14 bits per heavy atom. The third-order valence-electron chi connectivity index (χ3n) is 5.98. The molecule has 1 N–H and O–H groups in total. The van der Waals surface area contributed by atoms with E-state index in [1.807, 2.05) is 4.90 Å². The van der Waals surface area contributed by atoms with Crippen LogP contribution < -0.4 is 5.32 Å². The Bertz CT molecular complexity index is 1230. The number of ether oxygens (including phenoxy) is 1. The highest BCUT2D eigenvalue weighted by molar-refractivity contribution is 5.86.